The third kappa shape index (κ3) is 2.57. The number of nitrogen functional groups attached to an aromatic ring is 1. The zero-order valence-electron chi connectivity index (χ0n) is 11.2. The van der Waals surface area contributed by atoms with Gasteiger partial charge in [-0.05, 0) is 12.1 Å². The lowest BCUT2D eigenvalue weighted by atomic mass is 10.1. The molecule has 2 N–H and O–H groups in total. The maximum Gasteiger partial charge on any atom is 0.164 e. The highest BCUT2D eigenvalue weighted by atomic mass is 16.5. The number of ether oxygens (including phenoxy) is 3. The molecule has 0 atom stereocenters. The van der Waals surface area contributed by atoms with Crippen LogP contribution in [0.25, 0.3) is 0 Å². The van der Waals surface area contributed by atoms with Crippen molar-refractivity contribution in [2.75, 3.05) is 27.1 Å². The lowest BCUT2D eigenvalue weighted by molar-refractivity contribution is 0.347. The van der Waals surface area contributed by atoms with Gasteiger partial charge in [-0.3, -0.25) is 0 Å². The van der Waals surface area contributed by atoms with Gasteiger partial charge in [-0.25, -0.2) is 4.68 Å². The second kappa shape index (κ2) is 5.51. The third-order valence-electron chi connectivity index (χ3n) is 2.86. The first-order valence-corrected chi connectivity index (χ1v) is 5.75. The Morgan fingerprint density at radius 2 is 1.68 bits per heavy atom. The topological polar surface area (TPSA) is 71.5 Å². The molecule has 6 nitrogen and oxygen atoms in total. The van der Waals surface area contributed by atoms with Crippen LogP contribution in [-0.4, -0.2) is 31.1 Å². The second-order valence-electron chi connectivity index (χ2n) is 3.93. The maximum atomic E-state index is 5.81. The molecule has 0 radical (unpaired) electrons. The monoisotopic (exact) mass is 263 g/mol. The Morgan fingerprint density at radius 3 is 2.21 bits per heavy atom. The first-order chi connectivity index (χ1) is 9.19. The molecule has 0 saturated carbocycles. The highest BCUT2D eigenvalue weighted by Crippen LogP contribution is 2.35. The van der Waals surface area contributed by atoms with Crippen LogP contribution in [0.15, 0.2) is 24.4 Å². The maximum absolute atomic E-state index is 5.81. The summed E-state index contributed by atoms with van der Waals surface area (Å²) in [5.74, 6) is 2.56. The Labute approximate surface area is 111 Å². The zero-order chi connectivity index (χ0) is 13.8. The first kappa shape index (κ1) is 13.1. The van der Waals surface area contributed by atoms with Gasteiger partial charge in [0.15, 0.2) is 11.5 Å². The normalized spacial score (nSPS) is 10.3. The number of nitrogens with zero attached hydrogens (tertiary/aromatic N) is 2. The minimum absolute atomic E-state index is 0.502. The van der Waals surface area contributed by atoms with E-state index in [1.165, 1.54) is 0 Å². The van der Waals surface area contributed by atoms with E-state index in [4.69, 9.17) is 19.9 Å². The highest BCUT2D eigenvalue weighted by Gasteiger charge is 2.13. The summed E-state index contributed by atoms with van der Waals surface area (Å²) in [6, 6.07) is 5.39. The van der Waals surface area contributed by atoms with Crippen molar-refractivity contribution in [3.63, 3.8) is 0 Å². The molecule has 0 bridgehead atoms. The zero-order valence-corrected chi connectivity index (χ0v) is 11.2. The summed E-state index contributed by atoms with van der Waals surface area (Å²) in [5, 5.41) is 4.15. The number of hydrogen-bond donors (Lipinski definition) is 1. The van der Waals surface area contributed by atoms with E-state index >= 15 is 0 Å². The minimum Gasteiger partial charge on any atom is -0.496 e. The van der Waals surface area contributed by atoms with Gasteiger partial charge in [-0.1, -0.05) is 0 Å². The van der Waals surface area contributed by atoms with Gasteiger partial charge in [0.2, 0.25) is 0 Å². The van der Waals surface area contributed by atoms with Crippen molar-refractivity contribution >= 4 is 5.82 Å². The van der Waals surface area contributed by atoms with E-state index in [2.05, 4.69) is 5.10 Å². The molecule has 0 aliphatic heterocycles. The number of methoxy groups -OCH3 is 3. The molecule has 0 saturated heterocycles. The van der Waals surface area contributed by atoms with Crippen molar-refractivity contribution < 1.29 is 14.2 Å². The number of benzene rings is 1. The van der Waals surface area contributed by atoms with E-state index in [1.807, 2.05) is 6.07 Å². The first-order valence-electron chi connectivity index (χ1n) is 5.75. The molecule has 0 aliphatic carbocycles. The summed E-state index contributed by atoms with van der Waals surface area (Å²) in [7, 11) is 4.79. The van der Waals surface area contributed by atoms with Crippen LogP contribution in [0.5, 0.6) is 17.2 Å². The predicted molar refractivity (Wildman–Crippen MR) is 71.8 cm³/mol. The number of hydrogen-bond acceptors (Lipinski definition) is 5. The van der Waals surface area contributed by atoms with Crippen molar-refractivity contribution in [2.24, 2.45) is 0 Å². The molecule has 0 unspecified atom stereocenters. The SMILES string of the molecule is COc1cc(OC)c(OC)cc1Cn1nccc1N. The molecule has 102 valence electrons. The van der Waals surface area contributed by atoms with Gasteiger partial charge in [-0.15, -0.1) is 0 Å². The quantitative estimate of drug-likeness (QED) is 0.886. The molecule has 19 heavy (non-hydrogen) atoms. The Hall–Kier alpha value is -2.37. The van der Waals surface area contributed by atoms with Crippen LogP contribution in [-0.2, 0) is 6.54 Å². The van der Waals surface area contributed by atoms with Gasteiger partial charge in [-0.2, -0.15) is 5.10 Å². The number of aromatic nitrogens is 2. The van der Waals surface area contributed by atoms with Crippen LogP contribution in [0.4, 0.5) is 5.82 Å². The molecule has 0 spiro atoms. The number of rotatable bonds is 5. The molecule has 0 amide bonds. The molecule has 2 rings (SSSR count). The minimum atomic E-state index is 0.502. The molecule has 0 fully saturated rings. The molecule has 0 aliphatic rings. The lowest BCUT2D eigenvalue weighted by Gasteiger charge is -2.14. The average molecular weight is 263 g/mol. The van der Waals surface area contributed by atoms with Gasteiger partial charge < -0.3 is 19.9 Å². The van der Waals surface area contributed by atoms with Crippen LogP contribution >= 0.6 is 0 Å². The highest BCUT2D eigenvalue weighted by molar-refractivity contribution is 5.51. The third-order valence-corrected chi connectivity index (χ3v) is 2.86. The number of nitrogens with two attached hydrogens (primary N) is 1. The fourth-order valence-electron chi connectivity index (χ4n) is 1.85. The van der Waals surface area contributed by atoms with Crippen molar-refractivity contribution in [1.29, 1.82) is 0 Å². The second-order valence-corrected chi connectivity index (χ2v) is 3.93. The molecule has 2 aromatic rings. The molecule has 1 aromatic heterocycles. The van der Waals surface area contributed by atoms with Crippen LogP contribution in [0, 0.1) is 0 Å². The van der Waals surface area contributed by atoms with Gasteiger partial charge >= 0.3 is 0 Å². The number of anilines is 1. The van der Waals surface area contributed by atoms with Crippen LogP contribution in [0.2, 0.25) is 0 Å². The van der Waals surface area contributed by atoms with E-state index in [0.717, 1.165) is 5.56 Å². The van der Waals surface area contributed by atoms with E-state index in [-0.39, 0.29) is 0 Å². The van der Waals surface area contributed by atoms with E-state index in [1.54, 1.807) is 44.3 Å². The predicted octanol–water partition coefficient (Wildman–Crippen LogP) is 1.54. The summed E-state index contributed by atoms with van der Waals surface area (Å²) < 4.78 is 17.6. The van der Waals surface area contributed by atoms with E-state index < -0.39 is 0 Å². The van der Waals surface area contributed by atoms with E-state index in [9.17, 15) is 0 Å². The van der Waals surface area contributed by atoms with Crippen LogP contribution < -0.4 is 19.9 Å². The Morgan fingerprint density at radius 1 is 1.05 bits per heavy atom. The molecule has 1 aromatic carbocycles. The van der Waals surface area contributed by atoms with Crippen molar-refractivity contribution in [3.8, 4) is 17.2 Å². The summed E-state index contributed by atoms with van der Waals surface area (Å²) in [5.41, 5.74) is 6.72. The van der Waals surface area contributed by atoms with Gasteiger partial charge in [0.05, 0.1) is 34.1 Å². The lowest BCUT2D eigenvalue weighted by Crippen LogP contribution is -2.07. The molecule has 6 heteroatoms. The van der Waals surface area contributed by atoms with Gasteiger partial charge in [0.25, 0.3) is 0 Å². The summed E-state index contributed by atoms with van der Waals surface area (Å²) in [4.78, 5) is 0. The van der Waals surface area contributed by atoms with Crippen LogP contribution in [0.3, 0.4) is 0 Å². The molecule has 1 heterocycles. The van der Waals surface area contributed by atoms with Crippen molar-refractivity contribution in [3.05, 3.63) is 30.0 Å². The fourth-order valence-corrected chi connectivity index (χ4v) is 1.85. The fraction of sp³-hybridized carbons (Fsp3) is 0.308. The summed E-state index contributed by atoms with van der Waals surface area (Å²) >= 11 is 0. The van der Waals surface area contributed by atoms with E-state index in [0.29, 0.717) is 29.6 Å². The van der Waals surface area contributed by atoms with Crippen molar-refractivity contribution in [1.82, 2.24) is 9.78 Å². The standard InChI is InChI=1S/C13H17N3O3/c1-17-10-7-12(19-3)11(18-2)6-9(10)8-16-13(14)4-5-15-16/h4-7H,8,14H2,1-3H3. The van der Waals surface area contributed by atoms with Crippen molar-refractivity contribution in [2.45, 2.75) is 6.54 Å². The molecular weight excluding hydrogens is 246 g/mol. The average Bonchev–Trinajstić information content (AvgIpc) is 2.83. The Bertz CT molecular complexity index is 566. The van der Waals surface area contributed by atoms with Crippen LogP contribution in [0.1, 0.15) is 5.56 Å². The Kier molecular flexibility index (Phi) is 3.79. The summed E-state index contributed by atoms with van der Waals surface area (Å²) in [6.07, 6.45) is 1.66. The summed E-state index contributed by atoms with van der Waals surface area (Å²) in [6.45, 7) is 0.502. The molecular formula is C13H17N3O3. The van der Waals surface area contributed by atoms with Gasteiger partial charge in [0.1, 0.15) is 11.6 Å². The van der Waals surface area contributed by atoms with Gasteiger partial charge in [0, 0.05) is 11.6 Å². The Balaban J connectivity index is 2.41. The largest absolute Gasteiger partial charge is 0.496 e. The smallest absolute Gasteiger partial charge is 0.164 e.